The van der Waals surface area contributed by atoms with Crippen molar-refractivity contribution in [2.45, 2.75) is 63.5 Å². The zero-order valence-electron chi connectivity index (χ0n) is 12.0. The molecule has 1 saturated carbocycles. The maximum atomic E-state index is 12.7. The molecule has 1 N–H and O–H groups in total. The van der Waals surface area contributed by atoms with E-state index in [1.807, 2.05) is 0 Å². The molecule has 6 nitrogen and oxygen atoms in total. The van der Waals surface area contributed by atoms with Gasteiger partial charge in [-0.05, 0) is 32.1 Å². The highest BCUT2D eigenvalue weighted by Gasteiger charge is 2.40. The van der Waals surface area contributed by atoms with Gasteiger partial charge >= 0.3 is 5.97 Å². The summed E-state index contributed by atoms with van der Waals surface area (Å²) in [6.07, 6.45) is 6.93. The average molecular weight is 304 g/mol. The van der Waals surface area contributed by atoms with Crippen LogP contribution in [0.5, 0.6) is 0 Å². The fourth-order valence-corrected chi connectivity index (χ4v) is 5.02. The van der Waals surface area contributed by atoms with Gasteiger partial charge in [0.15, 0.2) is 0 Å². The highest BCUT2D eigenvalue weighted by atomic mass is 32.2. The van der Waals surface area contributed by atoms with Crippen LogP contribution in [0.25, 0.3) is 0 Å². The first-order valence-electron chi connectivity index (χ1n) is 7.42. The summed E-state index contributed by atoms with van der Waals surface area (Å²) < 4.78 is 28.0. The number of hydrogen-bond donors (Lipinski definition) is 1. The van der Waals surface area contributed by atoms with Crippen molar-refractivity contribution in [3.63, 3.8) is 0 Å². The molecule has 20 heavy (non-hydrogen) atoms. The Balaban J connectivity index is 2.16. The number of rotatable bonds is 4. The molecule has 1 atom stereocenters. The van der Waals surface area contributed by atoms with Crippen molar-refractivity contribution in [2.75, 3.05) is 13.6 Å². The van der Waals surface area contributed by atoms with Crippen molar-refractivity contribution < 1.29 is 18.3 Å². The summed E-state index contributed by atoms with van der Waals surface area (Å²) in [6, 6.07) is -0.884. The first kappa shape index (κ1) is 15.7. The van der Waals surface area contributed by atoms with E-state index in [4.69, 9.17) is 0 Å². The van der Waals surface area contributed by atoms with E-state index in [1.54, 1.807) is 7.05 Å². The molecule has 116 valence electrons. The van der Waals surface area contributed by atoms with E-state index in [2.05, 4.69) is 0 Å². The number of hydrogen-bond acceptors (Lipinski definition) is 3. The number of carboxylic acid groups (broad SMARTS) is 1. The molecule has 0 aromatic rings. The third-order valence-corrected chi connectivity index (χ3v) is 6.54. The summed E-state index contributed by atoms with van der Waals surface area (Å²) in [5, 5.41) is 9.24. The Morgan fingerprint density at radius 3 is 2.30 bits per heavy atom. The van der Waals surface area contributed by atoms with Gasteiger partial charge in [-0.15, -0.1) is 0 Å². The smallest absolute Gasteiger partial charge is 0.322 e. The Bertz CT molecular complexity index is 445. The van der Waals surface area contributed by atoms with Crippen LogP contribution in [0, 0.1) is 0 Å². The monoisotopic (exact) mass is 304 g/mol. The number of carbonyl (C=O) groups is 1. The van der Waals surface area contributed by atoms with Gasteiger partial charge in [-0.3, -0.25) is 4.79 Å². The van der Waals surface area contributed by atoms with Crippen LogP contribution < -0.4 is 0 Å². The minimum Gasteiger partial charge on any atom is -0.480 e. The van der Waals surface area contributed by atoms with Crippen LogP contribution in [-0.2, 0) is 15.0 Å². The van der Waals surface area contributed by atoms with Gasteiger partial charge in [0.1, 0.15) is 6.04 Å². The molecule has 2 aliphatic rings. The molecule has 1 unspecified atom stereocenters. The Kier molecular flexibility index (Phi) is 5.04. The van der Waals surface area contributed by atoms with E-state index in [0.717, 1.165) is 44.9 Å². The Labute approximate surface area is 120 Å². The van der Waals surface area contributed by atoms with Gasteiger partial charge in [-0.25, -0.2) is 0 Å². The molecule has 0 aromatic carbocycles. The second-order valence-corrected chi connectivity index (χ2v) is 7.72. The fourth-order valence-electron chi connectivity index (χ4n) is 3.23. The molecule has 2 fully saturated rings. The Morgan fingerprint density at radius 2 is 1.70 bits per heavy atom. The van der Waals surface area contributed by atoms with Crippen molar-refractivity contribution in [1.82, 2.24) is 8.61 Å². The van der Waals surface area contributed by atoms with Gasteiger partial charge in [0.25, 0.3) is 10.2 Å². The minimum atomic E-state index is -3.67. The van der Waals surface area contributed by atoms with Crippen LogP contribution >= 0.6 is 0 Å². The second-order valence-electron chi connectivity index (χ2n) is 5.78. The molecule has 1 aliphatic heterocycles. The van der Waals surface area contributed by atoms with E-state index >= 15 is 0 Å². The molecule has 1 saturated heterocycles. The van der Waals surface area contributed by atoms with Gasteiger partial charge < -0.3 is 5.11 Å². The summed E-state index contributed by atoms with van der Waals surface area (Å²) >= 11 is 0. The molecule has 0 bridgehead atoms. The molecule has 0 spiro atoms. The minimum absolute atomic E-state index is 0.0186. The van der Waals surface area contributed by atoms with Crippen molar-refractivity contribution in [3.05, 3.63) is 0 Å². The standard InChI is InChI=1S/C13H24N2O4S/c1-14(11-7-3-2-4-8-11)20(18,19)15-10-6-5-9-12(15)13(16)17/h11-12H,2-10H2,1H3,(H,16,17). The molecule has 1 aliphatic carbocycles. The van der Waals surface area contributed by atoms with Gasteiger partial charge in [-0.2, -0.15) is 17.0 Å². The zero-order chi connectivity index (χ0) is 14.8. The van der Waals surface area contributed by atoms with Gasteiger partial charge in [0.2, 0.25) is 0 Å². The van der Waals surface area contributed by atoms with Gasteiger partial charge in [-0.1, -0.05) is 19.3 Å². The first-order chi connectivity index (χ1) is 9.44. The van der Waals surface area contributed by atoms with E-state index in [0.29, 0.717) is 13.0 Å². The topological polar surface area (TPSA) is 77.9 Å². The summed E-state index contributed by atoms with van der Waals surface area (Å²) in [6.45, 7) is 0.316. The number of aliphatic carboxylic acids is 1. The van der Waals surface area contributed by atoms with Gasteiger partial charge in [0.05, 0.1) is 0 Å². The van der Waals surface area contributed by atoms with Crippen molar-refractivity contribution >= 4 is 16.2 Å². The van der Waals surface area contributed by atoms with E-state index in [9.17, 15) is 18.3 Å². The zero-order valence-corrected chi connectivity index (χ0v) is 12.8. The van der Waals surface area contributed by atoms with E-state index in [-0.39, 0.29) is 6.04 Å². The predicted octanol–water partition coefficient (Wildman–Crippen LogP) is 1.43. The third-order valence-electron chi connectivity index (χ3n) is 4.49. The predicted molar refractivity (Wildman–Crippen MR) is 75.5 cm³/mol. The molecule has 0 radical (unpaired) electrons. The first-order valence-corrected chi connectivity index (χ1v) is 8.82. The normalized spacial score (nSPS) is 26.8. The highest BCUT2D eigenvalue weighted by molar-refractivity contribution is 7.86. The summed E-state index contributed by atoms with van der Waals surface area (Å²) in [5.74, 6) is -1.04. The Morgan fingerprint density at radius 1 is 1.10 bits per heavy atom. The molecule has 0 amide bonds. The third kappa shape index (κ3) is 3.15. The van der Waals surface area contributed by atoms with Crippen LogP contribution in [0.15, 0.2) is 0 Å². The number of piperidine rings is 1. The van der Waals surface area contributed by atoms with Crippen LogP contribution in [0.1, 0.15) is 51.4 Å². The summed E-state index contributed by atoms with van der Waals surface area (Å²) in [7, 11) is -2.07. The van der Waals surface area contributed by atoms with Crippen molar-refractivity contribution in [1.29, 1.82) is 0 Å². The van der Waals surface area contributed by atoms with Crippen molar-refractivity contribution in [2.24, 2.45) is 0 Å². The lowest BCUT2D eigenvalue weighted by molar-refractivity contribution is -0.142. The number of carboxylic acids is 1. The molecule has 2 rings (SSSR count). The van der Waals surface area contributed by atoms with Crippen LogP contribution in [0.4, 0.5) is 0 Å². The molecule has 0 aromatic heterocycles. The fraction of sp³-hybridized carbons (Fsp3) is 0.923. The number of nitrogens with zero attached hydrogens (tertiary/aromatic N) is 2. The largest absolute Gasteiger partial charge is 0.480 e. The molecular formula is C13H24N2O4S. The lowest BCUT2D eigenvalue weighted by atomic mass is 9.96. The summed E-state index contributed by atoms with van der Waals surface area (Å²) in [5.41, 5.74) is 0. The lowest BCUT2D eigenvalue weighted by Gasteiger charge is -2.38. The molecule has 1 heterocycles. The van der Waals surface area contributed by atoms with Crippen LogP contribution in [0.2, 0.25) is 0 Å². The SMILES string of the molecule is CN(C1CCCCC1)S(=O)(=O)N1CCCCC1C(=O)O. The van der Waals surface area contributed by atoms with Crippen LogP contribution in [-0.4, -0.2) is 53.8 Å². The van der Waals surface area contributed by atoms with E-state index < -0.39 is 22.2 Å². The Hall–Kier alpha value is -0.660. The van der Waals surface area contributed by atoms with Crippen LogP contribution in [0.3, 0.4) is 0 Å². The van der Waals surface area contributed by atoms with E-state index in [1.165, 1.54) is 8.61 Å². The molecular weight excluding hydrogens is 280 g/mol. The second kappa shape index (κ2) is 6.41. The maximum Gasteiger partial charge on any atom is 0.322 e. The summed E-state index contributed by atoms with van der Waals surface area (Å²) in [4.78, 5) is 11.3. The lowest BCUT2D eigenvalue weighted by Crippen LogP contribution is -2.54. The van der Waals surface area contributed by atoms with Crippen molar-refractivity contribution in [3.8, 4) is 0 Å². The highest BCUT2D eigenvalue weighted by Crippen LogP contribution is 2.28. The maximum absolute atomic E-state index is 12.7. The average Bonchev–Trinajstić information content (AvgIpc) is 2.47. The van der Waals surface area contributed by atoms with Gasteiger partial charge in [0, 0.05) is 19.6 Å². The quantitative estimate of drug-likeness (QED) is 0.852. The molecule has 7 heteroatoms.